The highest BCUT2D eigenvalue weighted by atomic mass is 16.7. The lowest BCUT2D eigenvalue weighted by Crippen LogP contribution is -2.41. The van der Waals surface area contributed by atoms with Crippen molar-refractivity contribution in [1.82, 2.24) is 9.78 Å². The second-order valence-electron chi connectivity index (χ2n) is 8.93. The molecule has 0 unspecified atom stereocenters. The lowest BCUT2D eigenvalue weighted by molar-refractivity contribution is 0.00578. The van der Waals surface area contributed by atoms with Gasteiger partial charge in [-0.05, 0) is 69.5 Å². The fourth-order valence-corrected chi connectivity index (χ4v) is 3.72. The van der Waals surface area contributed by atoms with E-state index in [9.17, 15) is 0 Å². The molecule has 0 spiro atoms. The first-order chi connectivity index (χ1) is 14.1. The summed E-state index contributed by atoms with van der Waals surface area (Å²) in [6, 6.07) is 10.4. The number of aromatic nitrogens is 2. The lowest BCUT2D eigenvalue weighted by atomic mass is 9.77. The van der Waals surface area contributed by atoms with Crippen LogP contribution in [0, 0.1) is 6.92 Å². The molecule has 2 heterocycles. The first-order valence-corrected chi connectivity index (χ1v) is 10.2. The molecule has 158 valence electrons. The Bertz CT molecular complexity index is 1070. The SMILES string of the molecule is COCOc1cc(-c2cc(C)c3nn(C)cc3c2)ccc1B1OC(C)(C)C(C)(C)O1. The predicted octanol–water partition coefficient (Wildman–Crippen LogP) is 3.83. The second kappa shape index (κ2) is 7.41. The highest BCUT2D eigenvalue weighted by Gasteiger charge is 2.52. The zero-order valence-electron chi connectivity index (χ0n) is 18.8. The van der Waals surface area contributed by atoms with Crippen LogP contribution in [0.5, 0.6) is 5.75 Å². The van der Waals surface area contributed by atoms with E-state index in [1.807, 2.05) is 57.8 Å². The van der Waals surface area contributed by atoms with Crippen LogP contribution >= 0.6 is 0 Å². The largest absolute Gasteiger partial charge is 0.498 e. The van der Waals surface area contributed by atoms with E-state index in [1.165, 1.54) is 0 Å². The molecule has 0 aliphatic carbocycles. The summed E-state index contributed by atoms with van der Waals surface area (Å²) >= 11 is 0. The van der Waals surface area contributed by atoms with Crippen molar-refractivity contribution < 1.29 is 18.8 Å². The molecule has 1 fully saturated rings. The zero-order chi connectivity index (χ0) is 21.7. The van der Waals surface area contributed by atoms with Crippen LogP contribution in [0.4, 0.5) is 0 Å². The van der Waals surface area contributed by atoms with E-state index in [2.05, 4.69) is 30.2 Å². The number of rotatable bonds is 5. The summed E-state index contributed by atoms with van der Waals surface area (Å²) in [5.74, 6) is 0.691. The molecule has 7 heteroatoms. The summed E-state index contributed by atoms with van der Waals surface area (Å²) in [4.78, 5) is 0. The van der Waals surface area contributed by atoms with Gasteiger partial charge in [-0.3, -0.25) is 4.68 Å². The topological polar surface area (TPSA) is 54.7 Å². The van der Waals surface area contributed by atoms with Crippen molar-refractivity contribution in [1.29, 1.82) is 0 Å². The smallest absolute Gasteiger partial charge is 0.468 e. The van der Waals surface area contributed by atoms with E-state index in [-0.39, 0.29) is 6.79 Å². The van der Waals surface area contributed by atoms with E-state index >= 15 is 0 Å². The minimum absolute atomic E-state index is 0.149. The van der Waals surface area contributed by atoms with Crippen molar-refractivity contribution in [2.24, 2.45) is 7.05 Å². The second-order valence-corrected chi connectivity index (χ2v) is 8.93. The maximum atomic E-state index is 6.24. The molecule has 0 radical (unpaired) electrons. The van der Waals surface area contributed by atoms with Gasteiger partial charge in [0, 0.05) is 31.2 Å². The summed E-state index contributed by atoms with van der Waals surface area (Å²) < 4.78 is 25.4. The van der Waals surface area contributed by atoms with Crippen LogP contribution in [0.25, 0.3) is 22.0 Å². The number of fused-ring (bicyclic) bond motifs is 1. The van der Waals surface area contributed by atoms with E-state index < -0.39 is 18.3 Å². The van der Waals surface area contributed by atoms with Gasteiger partial charge in [0.2, 0.25) is 0 Å². The summed E-state index contributed by atoms with van der Waals surface area (Å²) in [6.07, 6.45) is 2.03. The molecule has 0 bridgehead atoms. The Morgan fingerprint density at radius 1 is 1.03 bits per heavy atom. The molecule has 6 nitrogen and oxygen atoms in total. The van der Waals surface area contributed by atoms with Crippen molar-refractivity contribution in [3.05, 3.63) is 42.1 Å². The van der Waals surface area contributed by atoms with Crippen LogP contribution in [0.3, 0.4) is 0 Å². The minimum Gasteiger partial charge on any atom is -0.468 e. The Morgan fingerprint density at radius 2 is 1.73 bits per heavy atom. The molecule has 3 aromatic rings. The highest BCUT2D eigenvalue weighted by molar-refractivity contribution is 6.63. The molecule has 1 aromatic heterocycles. The van der Waals surface area contributed by atoms with Crippen molar-refractivity contribution in [2.45, 2.75) is 45.8 Å². The maximum absolute atomic E-state index is 6.24. The van der Waals surface area contributed by atoms with E-state index in [0.29, 0.717) is 5.75 Å². The molecule has 0 atom stereocenters. The van der Waals surface area contributed by atoms with Crippen LogP contribution in [0.15, 0.2) is 36.5 Å². The van der Waals surface area contributed by atoms with Crippen molar-refractivity contribution in [2.75, 3.05) is 13.9 Å². The Hall–Kier alpha value is -2.35. The third kappa shape index (κ3) is 3.62. The molecule has 0 N–H and O–H groups in total. The Balaban J connectivity index is 1.75. The zero-order valence-corrected chi connectivity index (χ0v) is 18.8. The number of methoxy groups -OCH3 is 1. The molecule has 2 aromatic carbocycles. The minimum atomic E-state index is -0.501. The molecular formula is C23H29BN2O4. The Kier molecular flexibility index (Phi) is 5.17. The lowest BCUT2D eigenvalue weighted by Gasteiger charge is -2.32. The maximum Gasteiger partial charge on any atom is 0.498 e. The van der Waals surface area contributed by atoms with Crippen LogP contribution in [0.2, 0.25) is 0 Å². The van der Waals surface area contributed by atoms with Gasteiger partial charge in [-0.1, -0.05) is 12.1 Å². The monoisotopic (exact) mass is 408 g/mol. The third-order valence-corrected chi connectivity index (χ3v) is 6.10. The summed E-state index contributed by atoms with van der Waals surface area (Å²) in [6.45, 7) is 10.4. The molecule has 0 saturated carbocycles. The standard InChI is InChI=1S/C23H29BN2O4/c1-15-10-17(11-18-13-26(6)25-21(15)18)16-8-9-19(20(12-16)28-14-27-7)24-29-22(2,3)23(4,5)30-24/h8-13H,14H2,1-7H3. The molecule has 1 aliphatic rings. The molecule has 0 amide bonds. The summed E-state index contributed by atoms with van der Waals surface area (Å²) in [5, 5.41) is 5.65. The Morgan fingerprint density at radius 3 is 2.40 bits per heavy atom. The number of hydrogen-bond donors (Lipinski definition) is 0. The number of aryl methyl sites for hydroxylation is 2. The molecule has 1 aliphatic heterocycles. The van der Waals surface area contributed by atoms with Crippen LogP contribution in [0.1, 0.15) is 33.3 Å². The fourth-order valence-electron chi connectivity index (χ4n) is 3.72. The third-order valence-electron chi connectivity index (χ3n) is 6.10. The van der Waals surface area contributed by atoms with E-state index in [4.69, 9.17) is 18.8 Å². The van der Waals surface area contributed by atoms with Gasteiger partial charge in [-0.15, -0.1) is 0 Å². The van der Waals surface area contributed by atoms with Gasteiger partial charge in [0.25, 0.3) is 0 Å². The van der Waals surface area contributed by atoms with Crippen molar-refractivity contribution in [3.63, 3.8) is 0 Å². The van der Waals surface area contributed by atoms with Crippen LogP contribution in [-0.2, 0) is 21.1 Å². The fraction of sp³-hybridized carbons (Fsp3) is 0.435. The number of hydrogen-bond acceptors (Lipinski definition) is 5. The quantitative estimate of drug-likeness (QED) is 0.475. The highest BCUT2D eigenvalue weighted by Crippen LogP contribution is 2.38. The molecule has 1 saturated heterocycles. The Labute approximate surface area is 178 Å². The number of ether oxygens (including phenoxy) is 2. The van der Waals surface area contributed by atoms with Gasteiger partial charge < -0.3 is 18.8 Å². The van der Waals surface area contributed by atoms with Gasteiger partial charge in [0.15, 0.2) is 6.79 Å². The first-order valence-electron chi connectivity index (χ1n) is 10.2. The van der Waals surface area contributed by atoms with Gasteiger partial charge in [0.1, 0.15) is 5.75 Å². The molecular weight excluding hydrogens is 379 g/mol. The molecule has 4 rings (SSSR count). The first kappa shape index (κ1) is 20.9. The normalized spacial score (nSPS) is 17.6. The summed E-state index contributed by atoms with van der Waals surface area (Å²) in [5.41, 5.74) is 4.33. The predicted molar refractivity (Wildman–Crippen MR) is 119 cm³/mol. The van der Waals surface area contributed by atoms with Gasteiger partial charge in [-0.25, -0.2) is 0 Å². The van der Waals surface area contributed by atoms with Gasteiger partial charge in [-0.2, -0.15) is 5.10 Å². The number of nitrogens with zero attached hydrogens (tertiary/aromatic N) is 2. The molecule has 30 heavy (non-hydrogen) atoms. The number of benzene rings is 2. The van der Waals surface area contributed by atoms with Crippen molar-refractivity contribution >= 4 is 23.5 Å². The van der Waals surface area contributed by atoms with Crippen molar-refractivity contribution in [3.8, 4) is 16.9 Å². The average Bonchev–Trinajstić information content (AvgIpc) is 3.15. The van der Waals surface area contributed by atoms with Gasteiger partial charge in [0.05, 0.1) is 16.7 Å². The average molecular weight is 408 g/mol. The van der Waals surface area contributed by atoms with E-state index in [0.717, 1.165) is 33.1 Å². The van der Waals surface area contributed by atoms with Crippen LogP contribution < -0.4 is 10.2 Å². The van der Waals surface area contributed by atoms with Gasteiger partial charge >= 0.3 is 7.12 Å². The van der Waals surface area contributed by atoms with E-state index in [1.54, 1.807) is 7.11 Å². The summed E-state index contributed by atoms with van der Waals surface area (Å²) in [7, 11) is 3.05. The van der Waals surface area contributed by atoms with Crippen LogP contribution in [-0.4, -0.2) is 42.0 Å².